The number of aryl methyl sites for hydroxylation is 2. The van der Waals surface area contributed by atoms with Gasteiger partial charge < -0.3 is 9.73 Å². The van der Waals surface area contributed by atoms with E-state index in [9.17, 15) is 9.18 Å². The average molecular weight is 385 g/mol. The molecule has 1 aromatic carbocycles. The topological polar surface area (TPSA) is 73.0 Å². The predicted octanol–water partition coefficient (Wildman–Crippen LogP) is 4.58. The summed E-state index contributed by atoms with van der Waals surface area (Å²) in [4.78, 5) is 17.5. The van der Waals surface area contributed by atoms with Crippen LogP contribution in [0.4, 0.5) is 10.1 Å². The summed E-state index contributed by atoms with van der Waals surface area (Å²) in [5.41, 5.74) is 1.96. The summed E-state index contributed by atoms with van der Waals surface area (Å²) < 4.78 is 21.0. The van der Waals surface area contributed by atoms with Crippen LogP contribution in [0.15, 0.2) is 47.1 Å². The molecule has 0 aliphatic heterocycles. The van der Waals surface area contributed by atoms with Gasteiger partial charge in [-0.2, -0.15) is 5.10 Å². The second kappa shape index (κ2) is 6.51. The molecule has 27 heavy (non-hydrogen) atoms. The number of hydrogen-bond donors (Lipinski definition) is 1. The Balaban J connectivity index is 1.86. The minimum atomic E-state index is -0.577. The van der Waals surface area contributed by atoms with Crippen molar-refractivity contribution in [1.29, 1.82) is 0 Å². The van der Waals surface area contributed by atoms with Gasteiger partial charge in [-0.3, -0.25) is 9.48 Å². The fraction of sp³-hybridized carbons (Fsp3) is 0.105. The van der Waals surface area contributed by atoms with E-state index in [0.29, 0.717) is 38.8 Å². The maximum absolute atomic E-state index is 14.0. The number of halogens is 2. The number of nitrogens with one attached hydrogen (secondary N) is 1. The molecule has 8 heteroatoms. The maximum Gasteiger partial charge on any atom is 0.256 e. The number of anilines is 1. The molecular formula is C19H14ClFN4O2. The third-order valence-corrected chi connectivity index (χ3v) is 4.40. The van der Waals surface area contributed by atoms with Crippen LogP contribution in [0, 0.1) is 12.7 Å². The highest BCUT2D eigenvalue weighted by Crippen LogP contribution is 2.28. The quantitative estimate of drug-likeness (QED) is 0.561. The summed E-state index contributed by atoms with van der Waals surface area (Å²) >= 11 is 5.91. The van der Waals surface area contributed by atoms with Crippen LogP contribution in [0.25, 0.3) is 22.5 Å². The van der Waals surface area contributed by atoms with Gasteiger partial charge >= 0.3 is 0 Å². The standard InChI is InChI=1S/C19H14ClFN4O2/c1-10-17-12(19(26)23-14-8-11(20)5-6-13(14)21)9-15(16-4-3-7-27-16)22-18(17)25(2)24-10/h3-9H,1-2H3,(H,23,26). The second-order valence-corrected chi connectivity index (χ2v) is 6.45. The summed E-state index contributed by atoms with van der Waals surface area (Å²) in [5.74, 6) is -0.557. The molecule has 0 saturated heterocycles. The van der Waals surface area contributed by atoms with Crippen LogP contribution in [-0.4, -0.2) is 20.7 Å². The Kier molecular flexibility index (Phi) is 4.16. The number of carbonyl (C=O) groups excluding carboxylic acids is 1. The molecule has 0 unspecified atom stereocenters. The molecule has 136 valence electrons. The van der Waals surface area contributed by atoms with Gasteiger partial charge in [0, 0.05) is 12.1 Å². The molecule has 1 N–H and O–H groups in total. The predicted molar refractivity (Wildman–Crippen MR) is 100 cm³/mol. The van der Waals surface area contributed by atoms with Crippen LogP contribution in [0.2, 0.25) is 5.02 Å². The maximum atomic E-state index is 14.0. The number of rotatable bonds is 3. The average Bonchev–Trinajstić information content (AvgIpc) is 3.26. The monoisotopic (exact) mass is 384 g/mol. The zero-order valence-corrected chi connectivity index (χ0v) is 15.2. The molecule has 0 atom stereocenters. The van der Waals surface area contributed by atoms with E-state index in [0.717, 1.165) is 0 Å². The lowest BCUT2D eigenvalue weighted by molar-refractivity contribution is 0.102. The van der Waals surface area contributed by atoms with Crippen LogP contribution in [-0.2, 0) is 7.05 Å². The van der Waals surface area contributed by atoms with Crippen molar-refractivity contribution in [3.05, 3.63) is 64.8 Å². The van der Waals surface area contributed by atoms with Crippen LogP contribution < -0.4 is 5.32 Å². The molecule has 3 aromatic heterocycles. The number of furan rings is 1. The Bertz CT molecular complexity index is 1170. The first-order valence-electron chi connectivity index (χ1n) is 8.08. The summed E-state index contributed by atoms with van der Waals surface area (Å²) in [5, 5.41) is 7.83. The number of carbonyl (C=O) groups is 1. The van der Waals surface area contributed by atoms with E-state index < -0.39 is 11.7 Å². The fourth-order valence-corrected chi connectivity index (χ4v) is 3.13. The smallest absolute Gasteiger partial charge is 0.256 e. The van der Waals surface area contributed by atoms with Crippen molar-refractivity contribution in [1.82, 2.24) is 14.8 Å². The fourth-order valence-electron chi connectivity index (χ4n) is 2.96. The van der Waals surface area contributed by atoms with E-state index >= 15 is 0 Å². The van der Waals surface area contributed by atoms with Gasteiger partial charge in [0.25, 0.3) is 5.91 Å². The molecule has 0 bridgehead atoms. The molecule has 6 nitrogen and oxygen atoms in total. The van der Waals surface area contributed by atoms with Gasteiger partial charge in [-0.25, -0.2) is 9.37 Å². The molecule has 0 radical (unpaired) electrons. The number of pyridine rings is 1. The van der Waals surface area contributed by atoms with Gasteiger partial charge in [0.2, 0.25) is 0 Å². The van der Waals surface area contributed by atoms with E-state index in [1.807, 2.05) is 0 Å². The first-order valence-corrected chi connectivity index (χ1v) is 8.46. The number of hydrogen-bond acceptors (Lipinski definition) is 4. The van der Waals surface area contributed by atoms with Gasteiger partial charge in [0.15, 0.2) is 11.4 Å². The summed E-state index contributed by atoms with van der Waals surface area (Å²) in [7, 11) is 1.74. The zero-order valence-electron chi connectivity index (χ0n) is 14.5. The largest absolute Gasteiger partial charge is 0.463 e. The molecule has 0 aliphatic carbocycles. The van der Waals surface area contributed by atoms with E-state index in [2.05, 4.69) is 15.4 Å². The van der Waals surface area contributed by atoms with Crippen molar-refractivity contribution in [3.63, 3.8) is 0 Å². The highest BCUT2D eigenvalue weighted by Gasteiger charge is 2.21. The molecule has 0 saturated carbocycles. The number of fused-ring (bicyclic) bond motifs is 1. The lowest BCUT2D eigenvalue weighted by Crippen LogP contribution is -2.14. The Morgan fingerprint density at radius 2 is 2.11 bits per heavy atom. The lowest BCUT2D eigenvalue weighted by atomic mass is 10.1. The molecule has 3 heterocycles. The molecule has 0 fully saturated rings. The minimum absolute atomic E-state index is 0.00134. The van der Waals surface area contributed by atoms with Crippen LogP contribution >= 0.6 is 11.6 Å². The van der Waals surface area contributed by atoms with Crippen molar-refractivity contribution >= 4 is 34.2 Å². The third-order valence-electron chi connectivity index (χ3n) is 4.16. The van der Waals surface area contributed by atoms with Crippen LogP contribution in [0.1, 0.15) is 16.1 Å². The van der Waals surface area contributed by atoms with Crippen LogP contribution in [0.5, 0.6) is 0 Å². The van der Waals surface area contributed by atoms with Gasteiger partial charge in [0.05, 0.1) is 28.6 Å². The highest BCUT2D eigenvalue weighted by molar-refractivity contribution is 6.31. The second-order valence-electron chi connectivity index (χ2n) is 6.02. The van der Waals surface area contributed by atoms with Crippen molar-refractivity contribution in [3.8, 4) is 11.5 Å². The first-order chi connectivity index (χ1) is 12.9. The van der Waals surface area contributed by atoms with Crippen molar-refractivity contribution in [2.24, 2.45) is 7.05 Å². The minimum Gasteiger partial charge on any atom is -0.463 e. The molecular weight excluding hydrogens is 371 g/mol. The number of amides is 1. The number of benzene rings is 1. The van der Waals surface area contributed by atoms with E-state index in [1.54, 1.807) is 36.9 Å². The Labute approximate surface area is 158 Å². The van der Waals surface area contributed by atoms with Gasteiger partial charge in [0.1, 0.15) is 11.5 Å². The third kappa shape index (κ3) is 3.06. The van der Waals surface area contributed by atoms with Crippen molar-refractivity contribution < 1.29 is 13.6 Å². The molecule has 1 amide bonds. The number of nitrogens with zero attached hydrogens (tertiary/aromatic N) is 3. The Morgan fingerprint density at radius 3 is 2.85 bits per heavy atom. The van der Waals surface area contributed by atoms with Gasteiger partial charge in [-0.05, 0) is 43.3 Å². The van der Waals surface area contributed by atoms with Crippen molar-refractivity contribution in [2.75, 3.05) is 5.32 Å². The SMILES string of the molecule is Cc1nn(C)c2nc(-c3ccco3)cc(C(=O)Nc3cc(Cl)ccc3F)c12. The highest BCUT2D eigenvalue weighted by atomic mass is 35.5. The van der Waals surface area contributed by atoms with Crippen LogP contribution in [0.3, 0.4) is 0 Å². The summed E-state index contributed by atoms with van der Waals surface area (Å²) in [6.45, 7) is 1.79. The summed E-state index contributed by atoms with van der Waals surface area (Å²) in [6.07, 6.45) is 1.52. The van der Waals surface area contributed by atoms with E-state index in [4.69, 9.17) is 16.0 Å². The zero-order chi connectivity index (χ0) is 19.1. The van der Waals surface area contributed by atoms with Crippen molar-refractivity contribution in [2.45, 2.75) is 6.92 Å². The van der Waals surface area contributed by atoms with E-state index in [-0.39, 0.29) is 5.69 Å². The Morgan fingerprint density at radius 1 is 1.30 bits per heavy atom. The normalized spacial score (nSPS) is 11.1. The molecule has 0 aliphatic rings. The first kappa shape index (κ1) is 17.2. The lowest BCUT2D eigenvalue weighted by Gasteiger charge is -2.09. The molecule has 4 aromatic rings. The van der Waals surface area contributed by atoms with Gasteiger partial charge in [-0.15, -0.1) is 0 Å². The van der Waals surface area contributed by atoms with E-state index in [1.165, 1.54) is 24.5 Å². The number of aromatic nitrogens is 3. The molecule has 4 rings (SSSR count). The summed E-state index contributed by atoms with van der Waals surface area (Å²) in [6, 6.07) is 9.05. The molecule has 0 spiro atoms. The van der Waals surface area contributed by atoms with Gasteiger partial charge in [-0.1, -0.05) is 11.6 Å². The Hall–Kier alpha value is -3.19.